The Morgan fingerprint density at radius 3 is 2.25 bits per heavy atom. The van der Waals surface area contributed by atoms with Crippen LogP contribution in [0, 0.1) is 0 Å². The zero-order valence-electron chi connectivity index (χ0n) is 12.9. The Morgan fingerprint density at radius 2 is 1.70 bits per heavy atom. The summed E-state index contributed by atoms with van der Waals surface area (Å²) in [5.74, 6) is 0.125. The predicted octanol–water partition coefficient (Wildman–Crippen LogP) is 2.02. The SMILES string of the molecule is CC(C)(C)N1CC(NC(=O)NC2CCCCC2)CC1=O. The molecule has 0 radical (unpaired) electrons. The first kappa shape index (κ1) is 15.1. The molecule has 0 aromatic carbocycles. The van der Waals surface area contributed by atoms with E-state index in [0.717, 1.165) is 12.8 Å². The number of urea groups is 1. The molecule has 1 heterocycles. The maximum Gasteiger partial charge on any atom is 0.315 e. The van der Waals surface area contributed by atoms with E-state index in [-0.39, 0.29) is 23.5 Å². The van der Waals surface area contributed by atoms with Crippen LogP contribution >= 0.6 is 0 Å². The highest BCUT2D eigenvalue weighted by atomic mass is 16.2. The monoisotopic (exact) mass is 281 g/mol. The highest BCUT2D eigenvalue weighted by molar-refractivity contribution is 5.82. The van der Waals surface area contributed by atoms with Crippen molar-refractivity contribution in [1.82, 2.24) is 15.5 Å². The maximum atomic E-state index is 12.0. The summed E-state index contributed by atoms with van der Waals surface area (Å²) < 4.78 is 0. The van der Waals surface area contributed by atoms with Gasteiger partial charge in [0.25, 0.3) is 0 Å². The zero-order chi connectivity index (χ0) is 14.8. The van der Waals surface area contributed by atoms with Crippen LogP contribution in [-0.4, -0.2) is 41.0 Å². The van der Waals surface area contributed by atoms with Crippen LogP contribution in [0.2, 0.25) is 0 Å². The molecule has 0 aromatic rings. The van der Waals surface area contributed by atoms with Crippen LogP contribution in [0.15, 0.2) is 0 Å². The Labute approximate surface area is 121 Å². The molecule has 0 aromatic heterocycles. The van der Waals surface area contributed by atoms with Gasteiger partial charge in [-0.2, -0.15) is 0 Å². The molecule has 0 bridgehead atoms. The van der Waals surface area contributed by atoms with Crippen LogP contribution in [0.1, 0.15) is 59.3 Å². The third-order valence-electron chi connectivity index (χ3n) is 4.21. The van der Waals surface area contributed by atoms with E-state index in [1.165, 1.54) is 19.3 Å². The van der Waals surface area contributed by atoms with Crippen LogP contribution in [0.25, 0.3) is 0 Å². The van der Waals surface area contributed by atoms with Crippen LogP contribution in [0.4, 0.5) is 4.79 Å². The number of hydrogen-bond acceptors (Lipinski definition) is 2. The minimum Gasteiger partial charge on any atom is -0.336 e. The highest BCUT2D eigenvalue weighted by Crippen LogP contribution is 2.22. The molecule has 2 rings (SSSR count). The van der Waals surface area contributed by atoms with E-state index in [4.69, 9.17) is 0 Å². The summed E-state index contributed by atoms with van der Waals surface area (Å²) in [7, 11) is 0. The molecule has 1 aliphatic carbocycles. The number of likely N-dealkylation sites (tertiary alicyclic amines) is 1. The van der Waals surface area contributed by atoms with Crippen molar-refractivity contribution in [2.45, 2.75) is 76.9 Å². The molecule has 2 N–H and O–H groups in total. The predicted molar refractivity (Wildman–Crippen MR) is 78.4 cm³/mol. The van der Waals surface area contributed by atoms with Crippen molar-refractivity contribution in [3.05, 3.63) is 0 Å². The van der Waals surface area contributed by atoms with Gasteiger partial charge in [0.1, 0.15) is 0 Å². The number of hydrogen-bond donors (Lipinski definition) is 2. The summed E-state index contributed by atoms with van der Waals surface area (Å²) in [5.41, 5.74) is -0.173. The van der Waals surface area contributed by atoms with E-state index in [1.54, 1.807) is 0 Å². The van der Waals surface area contributed by atoms with Crippen molar-refractivity contribution in [3.63, 3.8) is 0 Å². The number of carbonyl (C=O) groups excluding carboxylic acids is 2. The third-order valence-corrected chi connectivity index (χ3v) is 4.21. The number of rotatable bonds is 2. The lowest BCUT2D eigenvalue weighted by atomic mass is 9.96. The van der Waals surface area contributed by atoms with Gasteiger partial charge in [0.15, 0.2) is 0 Å². The van der Waals surface area contributed by atoms with Crippen molar-refractivity contribution in [3.8, 4) is 0 Å². The molecule has 0 spiro atoms. The molecule has 20 heavy (non-hydrogen) atoms. The average Bonchev–Trinajstić information content (AvgIpc) is 2.71. The lowest BCUT2D eigenvalue weighted by molar-refractivity contribution is -0.131. The standard InChI is InChI=1S/C15H27N3O2/c1-15(2,3)18-10-12(9-13(18)19)17-14(20)16-11-7-5-4-6-8-11/h11-12H,4-10H2,1-3H3,(H2,16,17,20). The summed E-state index contributed by atoms with van der Waals surface area (Å²) >= 11 is 0. The first-order valence-corrected chi connectivity index (χ1v) is 7.74. The number of nitrogens with zero attached hydrogens (tertiary/aromatic N) is 1. The van der Waals surface area contributed by atoms with Crippen LogP contribution in [0.3, 0.4) is 0 Å². The molecule has 1 saturated heterocycles. The van der Waals surface area contributed by atoms with Gasteiger partial charge in [-0.3, -0.25) is 4.79 Å². The third kappa shape index (κ3) is 3.87. The second-order valence-electron chi connectivity index (χ2n) is 7.03. The quantitative estimate of drug-likeness (QED) is 0.813. The molecule has 1 saturated carbocycles. The molecule has 3 amide bonds. The van der Waals surface area contributed by atoms with Gasteiger partial charge in [-0.1, -0.05) is 19.3 Å². The van der Waals surface area contributed by atoms with Crippen LogP contribution in [0.5, 0.6) is 0 Å². The highest BCUT2D eigenvalue weighted by Gasteiger charge is 2.36. The fourth-order valence-corrected chi connectivity index (χ4v) is 3.11. The van der Waals surface area contributed by atoms with E-state index in [9.17, 15) is 9.59 Å². The summed E-state index contributed by atoms with van der Waals surface area (Å²) in [6, 6.07) is 0.121. The van der Waals surface area contributed by atoms with E-state index >= 15 is 0 Å². The van der Waals surface area contributed by atoms with Gasteiger partial charge in [0.2, 0.25) is 5.91 Å². The van der Waals surface area contributed by atoms with Gasteiger partial charge < -0.3 is 15.5 Å². The average molecular weight is 281 g/mol. The molecule has 1 aliphatic heterocycles. The van der Waals surface area contributed by atoms with Crippen molar-refractivity contribution >= 4 is 11.9 Å². The normalized spacial score (nSPS) is 24.9. The van der Waals surface area contributed by atoms with E-state index in [0.29, 0.717) is 19.0 Å². The first-order valence-electron chi connectivity index (χ1n) is 7.74. The van der Waals surface area contributed by atoms with Gasteiger partial charge >= 0.3 is 6.03 Å². The Morgan fingerprint density at radius 1 is 1.10 bits per heavy atom. The largest absolute Gasteiger partial charge is 0.336 e. The molecule has 1 atom stereocenters. The molecular formula is C15H27N3O2. The van der Waals surface area contributed by atoms with Gasteiger partial charge in [-0.25, -0.2) is 4.79 Å². The molecule has 5 heteroatoms. The number of carbonyl (C=O) groups is 2. The lowest BCUT2D eigenvalue weighted by Gasteiger charge is -2.32. The second-order valence-corrected chi connectivity index (χ2v) is 7.03. The van der Waals surface area contributed by atoms with E-state index < -0.39 is 0 Å². The minimum absolute atomic E-state index is 0.0645. The lowest BCUT2D eigenvalue weighted by Crippen LogP contribution is -2.49. The van der Waals surface area contributed by atoms with E-state index in [2.05, 4.69) is 10.6 Å². The summed E-state index contributed by atoms with van der Waals surface area (Å²) in [6.07, 6.45) is 6.23. The van der Waals surface area contributed by atoms with E-state index in [1.807, 2.05) is 25.7 Å². The fourth-order valence-electron chi connectivity index (χ4n) is 3.11. The molecule has 2 aliphatic rings. The molecule has 5 nitrogen and oxygen atoms in total. The van der Waals surface area contributed by atoms with Crippen molar-refractivity contribution in [2.75, 3.05) is 6.54 Å². The topological polar surface area (TPSA) is 61.4 Å². The Hall–Kier alpha value is -1.26. The van der Waals surface area contributed by atoms with Gasteiger partial charge in [-0.05, 0) is 33.6 Å². The minimum atomic E-state index is -0.173. The maximum absolute atomic E-state index is 12.0. The molecule has 2 fully saturated rings. The van der Waals surface area contributed by atoms with Crippen LogP contribution < -0.4 is 10.6 Å². The second kappa shape index (κ2) is 6.02. The van der Waals surface area contributed by atoms with Crippen molar-refractivity contribution in [1.29, 1.82) is 0 Å². The van der Waals surface area contributed by atoms with Gasteiger partial charge in [-0.15, -0.1) is 0 Å². The van der Waals surface area contributed by atoms with Crippen molar-refractivity contribution < 1.29 is 9.59 Å². The Bertz CT molecular complexity index is 370. The molecule has 1 unspecified atom stereocenters. The Balaban J connectivity index is 1.79. The molecule has 114 valence electrons. The Kier molecular flexibility index (Phi) is 4.55. The number of amides is 3. The first-order chi connectivity index (χ1) is 9.36. The summed E-state index contributed by atoms with van der Waals surface area (Å²) in [5, 5.41) is 5.98. The number of nitrogens with one attached hydrogen (secondary N) is 2. The smallest absolute Gasteiger partial charge is 0.315 e. The van der Waals surface area contributed by atoms with Gasteiger partial charge in [0, 0.05) is 24.5 Å². The summed E-state index contributed by atoms with van der Waals surface area (Å²) in [6.45, 7) is 6.68. The molecular weight excluding hydrogens is 254 g/mol. The van der Waals surface area contributed by atoms with Gasteiger partial charge in [0.05, 0.1) is 6.04 Å². The van der Waals surface area contributed by atoms with Crippen molar-refractivity contribution in [2.24, 2.45) is 0 Å². The zero-order valence-corrected chi connectivity index (χ0v) is 12.9. The summed E-state index contributed by atoms with van der Waals surface area (Å²) in [4.78, 5) is 25.8. The fraction of sp³-hybridized carbons (Fsp3) is 0.867. The van der Waals surface area contributed by atoms with Crippen LogP contribution in [-0.2, 0) is 4.79 Å².